The molecule has 41 heavy (non-hydrogen) atoms. The summed E-state index contributed by atoms with van der Waals surface area (Å²) in [5.41, 5.74) is 1.97. The van der Waals surface area contributed by atoms with Gasteiger partial charge in [0.2, 0.25) is 0 Å². The Hall–Kier alpha value is -3.08. The van der Waals surface area contributed by atoms with Gasteiger partial charge in [0.15, 0.2) is 0 Å². The Labute approximate surface area is 249 Å². The van der Waals surface area contributed by atoms with Gasteiger partial charge >= 0.3 is 5.97 Å². The van der Waals surface area contributed by atoms with E-state index in [9.17, 15) is 4.79 Å². The van der Waals surface area contributed by atoms with Gasteiger partial charge in [0.1, 0.15) is 11.5 Å². The molecule has 0 bridgehead atoms. The van der Waals surface area contributed by atoms with Gasteiger partial charge in [0, 0.05) is 12.3 Å². The number of carbonyl (C=O) groups excluding carboxylic acids is 1. The molecule has 0 fully saturated rings. The highest BCUT2D eigenvalue weighted by Gasteiger charge is 1.99. The third-order valence-corrected chi connectivity index (χ3v) is 7.06. The second kappa shape index (κ2) is 23.6. The van der Waals surface area contributed by atoms with Crippen molar-refractivity contribution < 1.29 is 19.0 Å². The Bertz CT molecular complexity index is 953. The molecule has 0 aliphatic rings. The molecule has 0 aromatic heterocycles. The number of hydrogen-bond donors (Lipinski definition) is 0. The average Bonchev–Trinajstić information content (AvgIpc) is 3.00. The van der Waals surface area contributed by atoms with Crippen LogP contribution in [0.15, 0.2) is 66.2 Å². The van der Waals surface area contributed by atoms with Crippen LogP contribution < -0.4 is 9.47 Å². The van der Waals surface area contributed by atoms with E-state index in [4.69, 9.17) is 14.2 Å². The first-order valence-corrected chi connectivity index (χ1v) is 16.0. The number of esters is 1. The molecule has 2 aromatic carbocycles. The lowest BCUT2D eigenvalue weighted by Crippen LogP contribution is -2.01. The third-order valence-electron chi connectivity index (χ3n) is 7.06. The van der Waals surface area contributed by atoms with Gasteiger partial charge in [-0.05, 0) is 73.4 Å². The Balaban J connectivity index is 1.48. The predicted octanol–water partition coefficient (Wildman–Crippen LogP) is 10.2. The zero-order valence-corrected chi connectivity index (χ0v) is 25.5. The molecule has 226 valence electrons. The maximum absolute atomic E-state index is 11.0. The van der Waals surface area contributed by atoms with Crippen molar-refractivity contribution in [2.24, 2.45) is 4.99 Å². The Morgan fingerprint density at radius 3 is 1.56 bits per heavy atom. The summed E-state index contributed by atoms with van der Waals surface area (Å²) < 4.78 is 16.8. The van der Waals surface area contributed by atoms with Crippen molar-refractivity contribution in [3.8, 4) is 11.5 Å². The Morgan fingerprint density at radius 1 is 0.634 bits per heavy atom. The fraction of sp³-hybridized carbons (Fsp3) is 0.556. The summed E-state index contributed by atoms with van der Waals surface area (Å²) in [5.74, 6) is 1.49. The molecule has 5 heteroatoms. The third kappa shape index (κ3) is 18.1. The van der Waals surface area contributed by atoms with Gasteiger partial charge in [-0.2, -0.15) is 0 Å². The molecule has 0 aliphatic carbocycles. The first-order valence-electron chi connectivity index (χ1n) is 16.0. The Kier molecular flexibility index (Phi) is 19.6. The van der Waals surface area contributed by atoms with Crippen LogP contribution in [0.4, 0.5) is 5.69 Å². The van der Waals surface area contributed by atoms with Gasteiger partial charge in [-0.3, -0.25) is 4.99 Å². The molecule has 0 saturated heterocycles. The highest BCUT2D eigenvalue weighted by molar-refractivity contribution is 5.82. The minimum absolute atomic E-state index is 0.326. The molecule has 0 N–H and O–H groups in total. The topological polar surface area (TPSA) is 57.1 Å². The maximum atomic E-state index is 11.0. The number of benzene rings is 2. The largest absolute Gasteiger partial charge is 0.494 e. The van der Waals surface area contributed by atoms with Crippen LogP contribution in [0.1, 0.15) is 115 Å². The van der Waals surface area contributed by atoms with Gasteiger partial charge in [-0.15, -0.1) is 0 Å². The van der Waals surface area contributed by atoms with Crippen molar-refractivity contribution in [2.45, 2.75) is 110 Å². The van der Waals surface area contributed by atoms with Crippen molar-refractivity contribution >= 4 is 17.9 Å². The Morgan fingerprint density at radius 2 is 1.07 bits per heavy atom. The van der Waals surface area contributed by atoms with E-state index in [0.29, 0.717) is 6.61 Å². The molecule has 0 radical (unpaired) electrons. The molecule has 0 atom stereocenters. The molecule has 2 rings (SSSR count). The van der Waals surface area contributed by atoms with Crippen molar-refractivity contribution in [3.05, 3.63) is 66.7 Å². The lowest BCUT2D eigenvalue weighted by atomic mass is 10.1. The number of rotatable bonds is 25. The van der Waals surface area contributed by atoms with E-state index >= 15 is 0 Å². The first kappa shape index (κ1) is 34.1. The lowest BCUT2D eigenvalue weighted by Gasteiger charge is -2.07. The van der Waals surface area contributed by atoms with Crippen LogP contribution >= 0.6 is 0 Å². The van der Waals surface area contributed by atoms with Crippen molar-refractivity contribution in [1.29, 1.82) is 0 Å². The molecule has 0 amide bonds. The summed E-state index contributed by atoms with van der Waals surface area (Å²) in [7, 11) is 0. The van der Waals surface area contributed by atoms with E-state index in [1.165, 1.54) is 83.1 Å². The van der Waals surface area contributed by atoms with Crippen LogP contribution in [0.5, 0.6) is 11.5 Å². The van der Waals surface area contributed by atoms with Crippen LogP contribution in [-0.4, -0.2) is 32.0 Å². The number of carbonyl (C=O) groups is 1. The minimum Gasteiger partial charge on any atom is -0.494 e. The SMILES string of the molecule is C=CC(=O)OCCCCCCCCCCCOc1ccc(C=Nc2ccc(OCCCCCCCCC)cc2)cc1. The summed E-state index contributed by atoms with van der Waals surface area (Å²) in [5, 5.41) is 0. The molecule has 0 heterocycles. The van der Waals surface area contributed by atoms with Crippen LogP contribution in [-0.2, 0) is 9.53 Å². The fourth-order valence-electron chi connectivity index (χ4n) is 4.54. The van der Waals surface area contributed by atoms with Gasteiger partial charge in [0.05, 0.1) is 25.5 Å². The summed E-state index contributed by atoms with van der Waals surface area (Å²) in [4.78, 5) is 15.6. The van der Waals surface area contributed by atoms with E-state index in [1.54, 1.807) is 0 Å². The van der Waals surface area contributed by atoms with Gasteiger partial charge in [-0.25, -0.2) is 4.79 Å². The number of hydrogen-bond acceptors (Lipinski definition) is 5. The van der Waals surface area contributed by atoms with Crippen molar-refractivity contribution in [1.82, 2.24) is 0 Å². The summed E-state index contributed by atoms with van der Waals surface area (Å²) >= 11 is 0. The lowest BCUT2D eigenvalue weighted by molar-refractivity contribution is -0.137. The number of nitrogens with zero attached hydrogens (tertiary/aromatic N) is 1. The van der Waals surface area contributed by atoms with Crippen LogP contribution in [0.3, 0.4) is 0 Å². The molecular formula is C36H53NO4. The first-order chi connectivity index (χ1) is 20.2. The summed E-state index contributed by atoms with van der Waals surface area (Å²) in [6.45, 7) is 7.69. The monoisotopic (exact) mass is 563 g/mol. The number of ether oxygens (including phenoxy) is 3. The number of aliphatic imine (C=N–C) groups is 1. The maximum Gasteiger partial charge on any atom is 0.330 e. The zero-order chi connectivity index (χ0) is 29.2. The molecular weight excluding hydrogens is 510 g/mol. The summed E-state index contributed by atoms with van der Waals surface area (Å²) in [6.07, 6.45) is 22.7. The smallest absolute Gasteiger partial charge is 0.330 e. The van der Waals surface area contributed by atoms with Crippen LogP contribution in [0.2, 0.25) is 0 Å². The second-order valence-corrected chi connectivity index (χ2v) is 10.7. The predicted molar refractivity (Wildman–Crippen MR) is 172 cm³/mol. The van der Waals surface area contributed by atoms with E-state index < -0.39 is 0 Å². The van der Waals surface area contributed by atoms with Crippen molar-refractivity contribution in [3.63, 3.8) is 0 Å². The van der Waals surface area contributed by atoms with Crippen molar-refractivity contribution in [2.75, 3.05) is 19.8 Å². The van der Waals surface area contributed by atoms with Gasteiger partial charge in [0.25, 0.3) is 0 Å². The standard InChI is InChI=1S/C36H53NO4/c1-3-5-6-7-11-14-17-29-40-35-26-22-33(23-27-35)37-31-32-20-24-34(25-21-32)39-28-18-15-12-9-8-10-13-16-19-30-41-36(38)4-2/h4,20-27,31H,2-3,5-19,28-30H2,1H3. The highest BCUT2D eigenvalue weighted by atomic mass is 16.5. The molecule has 2 aromatic rings. The second-order valence-electron chi connectivity index (χ2n) is 10.7. The quantitative estimate of drug-likeness (QED) is 0.0522. The average molecular weight is 564 g/mol. The molecule has 0 spiro atoms. The van der Waals surface area contributed by atoms with E-state index in [-0.39, 0.29) is 5.97 Å². The molecule has 0 unspecified atom stereocenters. The fourth-order valence-corrected chi connectivity index (χ4v) is 4.54. The number of unbranched alkanes of at least 4 members (excludes halogenated alkanes) is 14. The summed E-state index contributed by atoms with van der Waals surface area (Å²) in [6, 6.07) is 16.1. The van der Waals surface area contributed by atoms with Crippen LogP contribution in [0.25, 0.3) is 0 Å². The van der Waals surface area contributed by atoms with E-state index in [0.717, 1.165) is 61.6 Å². The van der Waals surface area contributed by atoms with E-state index in [2.05, 4.69) is 18.5 Å². The van der Waals surface area contributed by atoms with Gasteiger partial charge in [-0.1, -0.05) is 97.0 Å². The molecule has 0 saturated carbocycles. The highest BCUT2D eigenvalue weighted by Crippen LogP contribution is 2.19. The van der Waals surface area contributed by atoms with E-state index in [1.807, 2.05) is 54.7 Å². The molecule has 0 aliphatic heterocycles. The van der Waals surface area contributed by atoms with Gasteiger partial charge < -0.3 is 14.2 Å². The molecule has 5 nitrogen and oxygen atoms in total. The van der Waals surface area contributed by atoms with Crippen LogP contribution in [0, 0.1) is 0 Å². The normalized spacial score (nSPS) is 11.0. The zero-order valence-electron chi connectivity index (χ0n) is 25.5. The minimum atomic E-state index is -0.326.